The molecule has 0 atom stereocenters. The zero-order chi connectivity index (χ0) is 9.80. The minimum atomic E-state index is 0. The maximum atomic E-state index is 5.34. The molecular formula is C11H16IN2NaO. The Morgan fingerprint density at radius 1 is 1.19 bits per heavy atom. The Hall–Kier alpha value is 0.510. The van der Waals surface area contributed by atoms with Crippen molar-refractivity contribution in [3.63, 3.8) is 0 Å². The number of nitrogens with zero attached hydrogens (tertiary/aromatic N) is 1. The molecule has 0 aromatic heterocycles. The van der Waals surface area contributed by atoms with Crippen molar-refractivity contribution < 1.29 is 58.3 Å². The second kappa shape index (κ2) is 8.58. The Bertz CT molecular complexity index is 306. The Labute approximate surface area is 136 Å². The predicted octanol–water partition coefficient (Wildman–Crippen LogP) is -4.89. The van der Waals surface area contributed by atoms with E-state index in [0.717, 1.165) is 31.9 Å². The van der Waals surface area contributed by atoms with E-state index in [9.17, 15) is 0 Å². The van der Waals surface area contributed by atoms with Gasteiger partial charge >= 0.3 is 29.6 Å². The molecule has 1 aromatic carbocycles. The molecule has 1 fully saturated rings. The topological polar surface area (TPSA) is 24.5 Å². The molecular weight excluding hydrogens is 326 g/mol. The van der Waals surface area contributed by atoms with E-state index in [4.69, 9.17) is 4.74 Å². The fraction of sp³-hybridized carbons (Fsp3) is 0.455. The molecule has 1 heterocycles. The van der Waals surface area contributed by atoms with Crippen LogP contribution in [-0.2, 0) is 0 Å². The molecule has 1 N–H and O–H groups in total. The zero-order valence-electron chi connectivity index (χ0n) is 9.87. The van der Waals surface area contributed by atoms with Crippen molar-refractivity contribution >= 4 is 5.69 Å². The van der Waals surface area contributed by atoms with Crippen molar-refractivity contribution in [3.8, 4) is 5.75 Å². The van der Waals surface area contributed by atoms with Crippen LogP contribution in [0, 0.1) is 0 Å². The van der Waals surface area contributed by atoms with Gasteiger partial charge in [0.15, 0.2) is 0 Å². The molecule has 0 amide bonds. The zero-order valence-corrected chi connectivity index (χ0v) is 14.0. The number of para-hydroxylation sites is 2. The second-order valence-corrected chi connectivity index (χ2v) is 3.41. The van der Waals surface area contributed by atoms with E-state index in [1.165, 1.54) is 5.69 Å². The minimum absolute atomic E-state index is 0. The molecule has 2 rings (SSSR count). The average Bonchev–Trinajstić information content (AvgIpc) is 2.30. The first-order chi connectivity index (χ1) is 6.92. The van der Waals surface area contributed by atoms with E-state index in [2.05, 4.69) is 22.3 Å². The number of rotatable bonds is 2. The minimum Gasteiger partial charge on any atom is -1.00 e. The van der Waals surface area contributed by atoms with Crippen LogP contribution in [0.1, 0.15) is 0 Å². The summed E-state index contributed by atoms with van der Waals surface area (Å²) in [5.41, 5.74) is 1.21. The molecule has 1 aliphatic heterocycles. The van der Waals surface area contributed by atoms with Gasteiger partial charge in [0, 0.05) is 26.2 Å². The standard InChI is InChI=1S/C11H16N2O.HI.Na/c1-14-11-5-3-2-4-10(11)13-8-6-12-7-9-13;;/h2-5,12H,6-9H2,1H3;1H;/q;;+1/p-1. The van der Waals surface area contributed by atoms with Gasteiger partial charge < -0.3 is 38.9 Å². The summed E-state index contributed by atoms with van der Waals surface area (Å²) < 4.78 is 5.34. The molecule has 84 valence electrons. The summed E-state index contributed by atoms with van der Waals surface area (Å²) in [6.45, 7) is 4.22. The smallest absolute Gasteiger partial charge is 1.00 e. The average molecular weight is 342 g/mol. The van der Waals surface area contributed by atoms with E-state index in [0.29, 0.717) is 0 Å². The molecule has 0 radical (unpaired) electrons. The first kappa shape index (κ1) is 16.5. The van der Waals surface area contributed by atoms with Crippen LogP contribution in [0.3, 0.4) is 0 Å². The van der Waals surface area contributed by atoms with Gasteiger partial charge in [0.05, 0.1) is 12.8 Å². The van der Waals surface area contributed by atoms with Gasteiger partial charge in [-0.3, -0.25) is 0 Å². The largest absolute Gasteiger partial charge is 1.00 e. The normalized spacial score (nSPS) is 14.7. The van der Waals surface area contributed by atoms with Gasteiger partial charge in [-0.05, 0) is 12.1 Å². The number of anilines is 1. The van der Waals surface area contributed by atoms with E-state index in [-0.39, 0.29) is 53.5 Å². The molecule has 0 spiro atoms. The van der Waals surface area contributed by atoms with Crippen LogP contribution in [-0.4, -0.2) is 33.3 Å². The van der Waals surface area contributed by atoms with Crippen LogP contribution < -0.4 is 68.5 Å². The molecule has 0 aliphatic carbocycles. The fourth-order valence-electron chi connectivity index (χ4n) is 1.80. The first-order valence-corrected chi connectivity index (χ1v) is 5.00. The Balaban J connectivity index is 0.00000112. The van der Waals surface area contributed by atoms with E-state index < -0.39 is 0 Å². The van der Waals surface area contributed by atoms with Crippen LogP contribution in [0.5, 0.6) is 5.75 Å². The third kappa shape index (κ3) is 4.07. The van der Waals surface area contributed by atoms with Crippen molar-refractivity contribution in [1.82, 2.24) is 5.32 Å². The molecule has 0 bridgehead atoms. The predicted molar refractivity (Wildman–Crippen MR) is 58.1 cm³/mol. The van der Waals surface area contributed by atoms with Crippen molar-refractivity contribution in [2.75, 3.05) is 38.2 Å². The van der Waals surface area contributed by atoms with Crippen LogP contribution in [0.15, 0.2) is 24.3 Å². The van der Waals surface area contributed by atoms with Gasteiger partial charge in [0.25, 0.3) is 0 Å². The van der Waals surface area contributed by atoms with Crippen LogP contribution in [0.25, 0.3) is 0 Å². The van der Waals surface area contributed by atoms with Gasteiger partial charge in [0.2, 0.25) is 0 Å². The molecule has 1 aliphatic rings. The quantitative estimate of drug-likeness (QED) is 0.431. The number of ether oxygens (including phenoxy) is 1. The number of methoxy groups -OCH3 is 1. The number of benzene rings is 1. The third-order valence-corrected chi connectivity index (χ3v) is 2.54. The van der Waals surface area contributed by atoms with Gasteiger partial charge in [-0.15, -0.1) is 0 Å². The summed E-state index contributed by atoms with van der Waals surface area (Å²) in [5.74, 6) is 0.967. The molecule has 1 aromatic rings. The summed E-state index contributed by atoms with van der Waals surface area (Å²) >= 11 is 0. The second-order valence-electron chi connectivity index (χ2n) is 3.41. The monoisotopic (exact) mass is 342 g/mol. The summed E-state index contributed by atoms with van der Waals surface area (Å²) in [6, 6.07) is 8.19. The number of hydrogen-bond acceptors (Lipinski definition) is 3. The van der Waals surface area contributed by atoms with Crippen LogP contribution in [0.4, 0.5) is 5.69 Å². The number of nitrogens with one attached hydrogen (secondary N) is 1. The maximum absolute atomic E-state index is 5.34. The van der Waals surface area contributed by atoms with Gasteiger partial charge in [-0.1, -0.05) is 12.1 Å². The summed E-state index contributed by atoms with van der Waals surface area (Å²) in [6.07, 6.45) is 0. The molecule has 1 saturated heterocycles. The van der Waals surface area contributed by atoms with Gasteiger partial charge in [0.1, 0.15) is 5.75 Å². The van der Waals surface area contributed by atoms with Crippen LogP contribution in [0.2, 0.25) is 0 Å². The van der Waals surface area contributed by atoms with Gasteiger partial charge in [-0.25, -0.2) is 0 Å². The van der Waals surface area contributed by atoms with E-state index in [1.54, 1.807) is 7.11 Å². The Morgan fingerprint density at radius 3 is 2.44 bits per heavy atom. The van der Waals surface area contributed by atoms with Crippen molar-refractivity contribution in [1.29, 1.82) is 0 Å². The van der Waals surface area contributed by atoms with E-state index >= 15 is 0 Å². The summed E-state index contributed by atoms with van der Waals surface area (Å²) in [5, 5.41) is 3.34. The van der Waals surface area contributed by atoms with Crippen molar-refractivity contribution in [3.05, 3.63) is 24.3 Å². The number of halogens is 1. The maximum Gasteiger partial charge on any atom is 1.00 e. The Morgan fingerprint density at radius 2 is 1.81 bits per heavy atom. The summed E-state index contributed by atoms with van der Waals surface area (Å²) in [7, 11) is 1.72. The molecule has 16 heavy (non-hydrogen) atoms. The summed E-state index contributed by atoms with van der Waals surface area (Å²) in [4.78, 5) is 2.36. The van der Waals surface area contributed by atoms with Crippen molar-refractivity contribution in [2.45, 2.75) is 0 Å². The fourth-order valence-corrected chi connectivity index (χ4v) is 1.80. The molecule has 5 heteroatoms. The van der Waals surface area contributed by atoms with Crippen molar-refractivity contribution in [2.24, 2.45) is 0 Å². The number of hydrogen-bond donors (Lipinski definition) is 1. The molecule has 0 saturated carbocycles. The third-order valence-electron chi connectivity index (χ3n) is 2.54. The first-order valence-electron chi connectivity index (χ1n) is 5.00. The molecule has 0 unspecified atom stereocenters. The molecule has 3 nitrogen and oxygen atoms in total. The Kier molecular flexibility index (Phi) is 8.85. The van der Waals surface area contributed by atoms with Gasteiger partial charge in [-0.2, -0.15) is 0 Å². The van der Waals surface area contributed by atoms with Crippen LogP contribution >= 0.6 is 0 Å². The SMILES string of the molecule is COc1ccccc1N1CCNCC1.[I-].[Na+]. The number of piperazine rings is 1. The van der Waals surface area contributed by atoms with E-state index in [1.807, 2.05) is 12.1 Å².